The molecule has 1 N–H and O–H groups in total. The van der Waals surface area contributed by atoms with Crippen molar-refractivity contribution in [2.45, 2.75) is 19.3 Å². The van der Waals surface area contributed by atoms with E-state index in [4.69, 9.17) is 23.2 Å². The summed E-state index contributed by atoms with van der Waals surface area (Å²) < 4.78 is 0. The van der Waals surface area contributed by atoms with Gasteiger partial charge in [-0.05, 0) is 54.8 Å². The Balaban J connectivity index is 1.84. The van der Waals surface area contributed by atoms with Gasteiger partial charge in [-0.2, -0.15) is 0 Å². The predicted octanol–water partition coefficient (Wildman–Crippen LogP) is 4.76. The molecular weight excluding hydrogens is 321 g/mol. The van der Waals surface area contributed by atoms with Gasteiger partial charge >= 0.3 is 0 Å². The van der Waals surface area contributed by atoms with E-state index < -0.39 is 0 Å². The summed E-state index contributed by atoms with van der Waals surface area (Å²) in [6.45, 7) is 0. The van der Waals surface area contributed by atoms with Gasteiger partial charge in [-0.1, -0.05) is 23.2 Å². The zero-order chi connectivity index (χ0) is 15.7. The molecule has 3 nitrogen and oxygen atoms in total. The summed E-state index contributed by atoms with van der Waals surface area (Å²) in [6.07, 6.45) is 2.31. The van der Waals surface area contributed by atoms with E-state index in [1.165, 1.54) is 0 Å². The molecule has 0 unspecified atom stereocenters. The van der Waals surface area contributed by atoms with E-state index in [0.29, 0.717) is 27.7 Å². The van der Waals surface area contributed by atoms with E-state index in [1.54, 1.807) is 30.3 Å². The highest BCUT2D eigenvalue weighted by Gasteiger charge is 2.17. The molecule has 5 heteroatoms. The predicted molar refractivity (Wildman–Crippen MR) is 88.1 cm³/mol. The van der Waals surface area contributed by atoms with Gasteiger partial charge in [0, 0.05) is 33.3 Å². The fourth-order valence-electron chi connectivity index (χ4n) is 2.61. The van der Waals surface area contributed by atoms with Crippen molar-refractivity contribution in [1.29, 1.82) is 0 Å². The number of benzene rings is 2. The van der Waals surface area contributed by atoms with Gasteiger partial charge in [-0.15, -0.1) is 0 Å². The van der Waals surface area contributed by atoms with Crippen molar-refractivity contribution in [3.63, 3.8) is 0 Å². The second-order valence-corrected chi connectivity index (χ2v) is 6.13. The molecule has 0 spiro atoms. The smallest absolute Gasteiger partial charge is 0.255 e. The van der Waals surface area contributed by atoms with E-state index in [-0.39, 0.29) is 11.7 Å². The lowest BCUT2D eigenvalue weighted by molar-refractivity contribution is 0.0971. The number of carbonyl (C=O) groups is 2. The molecule has 0 atom stereocenters. The van der Waals surface area contributed by atoms with Crippen LogP contribution in [0.1, 0.15) is 39.1 Å². The molecule has 0 heterocycles. The summed E-state index contributed by atoms with van der Waals surface area (Å²) in [7, 11) is 0. The number of ketones is 1. The minimum absolute atomic E-state index is 0.167. The molecule has 0 saturated carbocycles. The van der Waals surface area contributed by atoms with Crippen LogP contribution in [0.4, 0.5) is 5.69 Å². The van der Waals surface area contributed by atoms with Crippen molar-refractivity contribution < 1.29 is 9.59 Å². The third kappa shape index (κ3) is 3.16. The topological polar surface area (TPSA) is 46.2 Å². The second-order valence-electron chi connectivity index (χ2n) is 5.26. The van der Waals surface area contributed by atoms with Crippen LogP contribution < -0.4 is 5.32 Å². The monoisotopic (exact) mass is 333 g/mol. The fourth-order valence-corrected chi connectivity index (χ4v) is 3.14. The highest BCUT2D eigenvalue weighted by Crippen LogP contribution is 2.25. The standard InChI is InChI=1S/C17H13Cl2NO2/c18-12-6-11(7-13(19)9-12)17(22)20-14-4-5-15-10(8-14)2-1-3-16(15)21/h4-9H,1-3H2,(H,20,22). The van der Waals surface area contributed by atoms with Gasteiger partial charge in [0.25, 0.3) is 5.91 Å². The van der Waals surface area contributed by atoms with Gasteiger partial charge in [-0.25, -0.2) is 0 Å². The highest BCUT2D eigenvalue weighted by atomic mass is 35.5. The largest absolute Gasteiger partial charge is 0.322 e. The number of hydrogen-bond acceptors (Lipinski definition) is 2. The number of rotatable bonds is 2. The van der Waals surface area contributed by atoms with Crippen molar-refractivity contribution in [2.75, 3.05) is 5.32 Å². The Morgan fingerprint density at radius 2 is 1.73 bits per heavy atom. The van der Waals surface area contributed by atoms with Crippen molar-refractivity contribution in [3.8, 4) is 0 Å². The number of carbonyl (C=O) groups excluding carboxylic acids is 2. The molecule has 112 valence electrons. The Morgan fingerprint density at radius 1 is 1.00 bits per heavy atom. The lowest BCUT2D eigenvalue weighted by Gasteiger charge is -2.16. The number of Topliss-reactive ketones (excluding diaryl/α,β-unsaturated/α-hetero) is 1. The van der Waals surface area contributed by atoms with Gasteiger partial charge in [0.15, 0.2) is 5.78 Å². The maximum atomic E-state index is 12.3. The summed E-state index contributed by atoms with van der Waals surface area (Å²) in [5, 5.41) is 3.63. The molecule has 3 rings (SSSR count). The number of fused-ring (bicyclic) bond motifs is 1. The van der Waals surface area contributed by atoms with Crippen molar-refractivity contribution in [1.82, 2.24) is 0 Å². The minimum Gasteiger partial charge on any atom is -0.322 e. The van der Waals surface area contributed by atoms with E-state index in [1.807, 2.05) is 6.07 Å². The average Bonchev–Trinajstić information content (AvgIpc) is 2.46. The number of halogens is 2. The Bertz CT molecular complexity index is 751. The van der Waals surface area contributed by atoms with Crippen LogP contribution in [0.3, 0.4) is 0 Å². The Hall–Kier alpha value is -1.84. The molecule has 1 aliphatic rings. The number of anilines is 1. The minimum atomic E-state index is -0.286. The quantitative estimate of drug-likeness (QED) is 0.860. The summed E-state index contributed by atoms with van der Waals surface area (Å²) in [4.78, 5) is 24.1. The molecular formula is C17H13Cl2NO2. The first-order valence-corrected chi connectivity index (χ1v) is 7.72. The normalized spacial score (nSPS) is 13.6. The number of aryl methyl sites for hydroxylation is 1. The lowest BCUT2D eigenvalue weighted by Crippen LogP contribution is -2.14. The molecule has 0 fully saturated rings. The average molecular weight is 334 g/mol. The first-order chi connectivity index (χ1) is 10.5. The third-order valence-corrected chi connectivity index (χ3v) is 4.07. The summed E-state index contributed by atoms with van der Waals surface area (Å²) >= 11 is 11.8. The van der Waals surface area contributed by atoms with Gasteiger partial charge in [-0.3, -0.25) is 9.59 Å². The summed E-state index contributed by atoms with van der Waals surface area (Å²) in [6, 6.07) is 10.1. The molecule has 2 aromatic rings. The maximum Gasteiger partial charge on any atom is 0.255 e. The van der Waals surface area contributed by atoms with Crippen molar-refractivity contribution in [3.05, 3.63) is 63.1 Å². The van der Waals surface area contributed by atoms with Crippen LogP contribution in [0.25, 0.3) is 0 Å². The first-order valence-electron chi connectivity index (χ1n) is 6.96. The van der Waals surface area contributed by atoms with Crippen LogP contribution in [0.5, 0.6) is 0 Å². The van der Waals surface area contributed by atoms with Crippen LogP contribution in [0.15, 0.2) is 36.4 Å². The molecule has 0 aromatic heterocycles. The zero-order valence-corrected chi connectivity index (χ0v) is 13.2. The van der Waals surface area contributed by atoms with E-state index in [9.17, 15) is 9.59 Å². The van der Waals surface area contributed by atoms with Gasteiger partial charge in [0.1, 0.15) is 0 Å². The van der Waals surface area contributed by atoms with E-state index in [0.717, 1.165) is 24.0 Å². The van der Waals surface area contributed by atoms with E-state index >= 15 is 0 Å². The molecule has 0 radical (unpaired) electrons. The molecule has 1 aliphatic carbocycles. The zero-order valence-electron chi connectivity index (χ0n) is 11.7. The SMILES string of the molecule is O=C(Nc1ccc2c(c1)CCCC2=O)c1cc(Cl)cc(Cl)c1. The second kappa shape index (κ2) is 6.11. The summed E-state index contributed by atoms with van der Waals surface area (Å²) in [5.41, 5.74) is 2.80. The Kier molecular flexibility index (Phi) is 4.19. The number of nitrogens with one attached hydrogen (secondary N) is 1. The summed E-state index contributed by atoms with van der Waals surface area (Å²) in [5.74, 6) is -0.118. The van der Waals surface area contributed by atoms with Gasteiger partial charge in [0.05, 0.1) is 0 Å². The van der Waals surface area contributed by atoms with Crippen molar-refractivity contribution in [2.24, 2.45) is 0 Å². The molecule has 0 bridgehead atoms. The molecule has 2 aromatic carbocycles. The Labute approximate surface area is 138 Å². The van der Waals surface area contributed by atoms with Crippen LogP contribution in [0.2, 0.25) is 10.0 Å². The van der Waals surface area contributed by atoms with Crippen LogP contribution in [-0.4, -0.2) is 11.7 Å². The molecule has 0 aliphatic heterocycles. The Morgan fingerprint density at radius 3 is 2.45 bits per heavy atom. The van der Waals surface area contributed by atoms with Gasteiger partial charge < -0.3 is 5.32 Å². The molecule has 1 amide bonds. The van der Waals surface area contributed by atoms with Gasteiger partial charge in [0.2, 0.25) is 0 Å². The fraction of sp³-hybridized carbons (Fsp3) is 0.176. The molecule has 22 heavy (non-hydrogen) atoms. The third-order valence-electron chi connectivity index (χ3n) is 3.64. The number of hydrogen-bond donors (Lipinski definition) is 1. The van der Waals surface area contributed by atoms with Crippen LogP contribution >= 0.6 is 23.2 Å². The highest BCUT2D eigenvalue weighted by molar-refractivity contribution is 6.35. The first kappa shape index (κ1) is 15.1. The van der Waals surface area contributed by atoms with Crippen LogP contribution in [-0.2, 0) is 6.42 Å². The molecule has 0 saturated heterocycles. The maximum absolute atomic E-state index is 12.3. The van der Waals surface area contributed by atoms with E-state index in [2.05, 4.69) is 5.32 Å². The van der Waals surface area contributed by atoms with Crippen LogP contribution in [0, 0.1) is 0 Å². The lowest BCUT2D eigenvalue weighted by atomic mass is 9.90. The van der Waals surface area contributed by atoms with Crippen molar-refractivity contribution >= 4 is 40.6 Å². The number of amides is 1.